The Morgan fingerprint density at radius 3 is 2.48 bits per heavy atom. The molecule has 1 aliphatic rings. The third kappa shape index (κ3) is 4.66. The SMILES string of the molecule is CC(C)(C)OC(=O)C1CCOc2cc(Oc3ccc(C(N)=O)cc3)c(C#N)cc21. The van der Waals surface area contributed by atoms with Crippen LogP contribution >= 0.6 is 0 Å². The number of nitriles is 1. The predicted octanol–water partition coefficient (Wildman–Crippen LogP) is 3.66. The molecule has 7 heteroatoms. The molecule has 0 fully saturated rings. The lowest BCUT2D eigenvalue weighted by molar-refractivity contribution is -0.157. The van der Waals surface area contributed by atoms with Gasteiger partial charge in [0.1, 0.15) is 28.9 Å². The van der Waals surface area contributed by atoms with Gasteiger partial charge < -0.3 is 19.9 Å². The number of ether oxygens (including phenoxy) is 3. The highest BCUT2D eigenvalue weighted by Gasteiger charge is 2.32. The molecule has 0 saturated heterocycles. The zero-order valence-corrected chi connectivity index (χ0v) is 16.5. The summed E-state index contributed by atoms with van der Waals surface area (Å²) in [4.78, 5) is 23.8. The molecule has 1 amide bonds. The summed E-state index contributed by atoms with van der Waals surface area (Å²) >= 11 is 0. The molecule has 2 aromatic carbocycles. The topological polar surface area (TPSA) is 112 Å². The predicted molar refractivity (Wildman–Crippen MR) is 105 cm³/mol. The smallest absolute Gasteiger partial charge is 0.314 e. The standard InChI is InChI=1S/C22H22N2O5/c1-22(2,3)29-21(26)16-8-9-27-19-11-18(14(12-23)10-17(16)19)28-15-6-4-13(5-7-15)20(24)25/h4-7,10-11,16H,8-9H2,1-3H3,(H2,24,25). The number of primary amides is 1. The molecule has 1 aliphatic heterocycles. The highest BCUT2D eigenvalue weighted by atomic mass is 16.6. The maximum Gasteiger partial charge on any atom is 0.314 e. The van der Waals surface area contributed by atoms with Gasteiger partial charge in [0, 0.05) is 17.2 Å². The van der Waals surface area contributed by atoms with E-state index >= 15 is 0 Å². The molecule has 7 nitrogen and oxygen atoms in total. The van der Waals surface area contributed by atoms with E-state index in [1.54, 1.807) is 24.3 Å². The van der Waals surface area contributed by atoms with E-state index in [0.29, 0.717) is 41.4 Å². The van der Waals surface area contributed by atoms with Gasteiger partial charge in [-0.15, -0.1) is 0 Å². The molecule has 1 atom stereocenters. The van der Waals surface area contributed by atoms with Crippen LogP contribution in [-0.4, -0.2) is 24.1 Å². The molecule has 1 heterocycles. The summed E-state index contributed by atoms with van der Waals surface area (Å²) in [5.41, 5.74) is 5.86. The number of hydrogen-bond acceptors (Lipinski definition) is 6. The van der Waals surface area contributed by atoms with Crippen LogP contribution in [-0.2, 0) is 9.53 Å². The third-order valence-electron chi connectivity index (χ3n) is 4.33. The Morgan fingerprint density at radius 1 is 1.21 bits per heavy atom. The van der Waals surface area contributed by atoms with E-state index in [1.165, 1.54) is 12.1 Å². The van der Waals surface area contributed by atoms with E-state index in [4.69, 9.17) is 19.9 Å². The van der Waals surface area contributed by atoms with Crippen LogP contribution in [0.5, 0.6) is 17.2 Å². The van der Waals surface area contributed by atoms with Crippen LogP contribution < -0.4 is 15.2 Å². The number of fused-ring (bicyclic) bond motifs is 1. The minimum absolute atomic E-state index is 0.266. The molecular weight excluding hydrogens is 372 g/mol. The Morgan fingerprint density at radius 2 is 1.90 bits per heavy atom. The normalized spacial score (nSPS) is 15.4. The highest BCUT2D eigenvalue weighted by molar-refractivity contribution is 5.92. The van der Waals surface area contributed by atoms with Gasteiger partial charge in [-0.3, -0.25) is 9.59 Å². The van der Waals surface area contributed by atoms with Gasteiger partial charge in [-0.05, 0) is 57.5 Å². The molecule has 2 N–H and O–H groups in total. The first kappa shape index (κ1) is 20.2. The van der Waals surface area contributed by atoms with Gasteiger partial charge in [-0.1, -0.05) is 0 Å². The maximum absolute atomic E-state index is 12.6. The van der Waals surface area contributed by atoms with E-state index < -0.39 is 17.4 Å². The van der Waals surface area contributed by atoms with Crippen LogP contribution in [0.2, 0.25) is 0 Å². The van der Waals surface area contributed by atoms with Crippen molar-refractivity contribution in [2.24, 2.45) is 5.73 Å². The van der Waals surface area contributed by atoms with Crippen molar-refractivity contribution in [3.8, 4) is 23.3 Å². The number of carbonyl (C=O) groups is 2. The lowest BCUT2D eigenvalue weighted by Gasteiger charge is -2.28. The Hall–Kier alpha value is -3.53. The summed E-state index contributed by atoms with van der Waals surface area (Å²) in [5.74, 6) is -0.177. The van der Waals surface area contributed by atoms with E-state index in [1.807, 2.05) is 20.8 Å². The Bertz CT molecular complexity index is 984. The summed E-state index contributed by atoms with van der Waals surface area (Å²) in [6.07, 6.45) is 0.474. The molecule has 0 bridgehead atoms. The molecule has 3 rings (SSSR count). The van der Waals surface area contributed by atoms with Gasteiger partial charge in [0.25, 0.3) is 0 Å². The van der Waals surface area contributed by atoms with Crippen molar-refractivity contribution < 1.29 is 23.8 Å². The average molecular weight is 394 g/mol. The van der Waals surface area contributed by atoms with Gasteiger partial charge in [-0.2, -0.15) is 5.26 Å². The van der Waals surface area contributed by atoms with Crippen LogP contribution in [0.15, 0.2) is 36.4 Å². The van der Waals surface area contributed by atoms with Gasteiger partial charge >= 0.3 is 5.97 Å². The fourth-order valence-corrected chi connectivity index (χ4v) is 3.02. The summed E-state index contributed by atoms with van der Waals surface area (Å²) in [6.45, 7) is 5.79. The summed E-state index contributed by atoms with van der Waals surface area (Å²) in [7, 11) is 0. The monoisotopic (exact) mass is 394 g/mol. The second-order valence-electron chi connectivity index (χ2n) is 7.71. The number of esters is 1. The lowest BCUT2D eigenvalue weighted by Crippen LogP contribution is -2.30. The molecule has 2 aromatic rings. The summed E-state index contributed by atoms with van der Waals surface area (Å²) < 4.78 is 17.0. The Labute approximate surface area is 169 Å². The zero-order chi connectivity index (χ0) is 21.2. The molecule has 29 heavy (non-hydrogen) atoms. The Kier molecular flexibility index (Phi) is 5.46. The number of nitrogens with zero attached hydrogens (tertiary/aromatic N) is 1. The van der Waals surface area contributed by atoms with Gasteiger partial charge in [-0.25, -0.2) is 0 Å². The summed E-state index contributed by atoms with van der Waals surface area (Å²) in [6, 6.07) is 11.6. The average Bonchev–Trinajstić information content (AvgIpc) is 2.66. The van der Waals surface area contributed by atoms with Crippen molar-refractivity contribution in [2.45, 2.75) is 38.7 Å². The highest BCUT2D eigenvalue weighted by Crippen LogP contribution is 2.40. The van der Waals surface area contributed by atoms with E-state index in [-0.39, 0.29) is 11.5 Å². The molecular formula is C22H22N2O5. The van der Waals surface area contributed by atoms with Crippen LogP contribution in [0.1, 0.15) is 54.6 Å². The molecule has 0 radical (unpaired) electrons. The van der Waals surface area contributed by atoms with Crippen LogP contribution in [0.25, 0.3) is 0 Å². The number of rotatable bonds is 4. The second kappa shape index (κ2) is 7.84. The van der Waals surface area contributed by atoms with E-state index in [9.17, 15) is 14.9 Å². The first-order valence-corrected chi connectivity index (χ1v) is 9.19. The van der Waals surface area contributed by atoms with Crippen LogP contribution in [0.4, 0.5) is 0 Å². The lowest BCUT2D eigenvalue weighted by atomic mass is 9.91. The number of nitrogens with two attached hydrogens (primary N) is 1. The quantitative estimate of drug-likeness (QED) is 0.792. The van der Waals surface area contributed by atoms with E-state index in [0.717, 1.165) is 0 Å². The first-order chi connectivity index (χ1) is 13.7. The van der Waals surface area contributed by atoms with Gasteiger partial charge in [0.15, 0.2) is 0 Å². The van der Waals surface area contributed by atoms with Crippen molar-refractivity contribution in [3.63, 3.8) is 0 Å². The third-order valence-corrected chi connectivity index (χ3v) is 4.33. The minimum atomic E-state index is -0.603. The van der Waals surface area contributed by atoms with Crippen molar-refractivity contribution in [2.75, 3.05) is 6.61 Å². The molecule has 0 aliphatic carbocycles. The number of benzene rings is 2. The second-order valence-corrected chi connectivity index (χ2v) is 7.71. The Balaban J connectivity index is 1.91. The number of carbonyl (C=O) groups excluding carboxylic acids is 2. The largest absolute Gasteiger partial charge is 0.493 e. The van der Waals surface area contributed by atoms with Crippen molar-refractivity contribution >= 4 is 11.9 Å². The maximum atomic E-state index is 12.6. The van der Waals surface area contributed by atoms with Crippen molar-refractivity contribution in [3.05, 3.63) is 53.1 Å². The minimum Gasteiger partial charge on any atom is -0.493 e. The van der Waals surface area contributed by atoms with Gasteiger partial charge in [0.2, 0.25) is 5.91 Å². The molecule has 0 spiro atoms. The molecule has 0 saturated carbocycles. The first-order valence-electron chi connectivity index (χ1n) is 9.19. The van der Waals surface area contributed by atoms with Crippen molar-refractivity contribution in [1.82, 2.24) is 0 Å². The molecule has 0 aromatic heterocycles. The fraction of sp³-hybridized carbons (Fsp3) is 0.318. The molecule has 150 valence electrons. The fourth-order valence-electron chi connectivity index (χ4n) is 3.02. The van der Waals surface area contributed by atoms with Crippen LogP contribution in [0.3, 0.4) is 0 Å². The molecule has 1 unspecified atom stereocenters. The van der Waals surface area contributed by atoms with Crippen LogP contribution in [0, 0.1) is 11.3 Å². The number of amides is 1. The number of hydrogen-bond donors (Lipinski definition) is 1. The van der Waals surface area contributed by atoms with Gasteiger partial charge in [0.05, 0.1) is 18.1 Å². The summed E-state index contributed by atoms with van der Waals surface area (Å²) in [5, 5.41) is 9.58. The van der Waals surface area contributed by atoms with E-state index in [2.05, 4.69) is 6.07 Å². The zero-order valence-electron chi connectivity index (χ0n) is 16.5. The van der Waals surface area contributed by atoms with Crippen molar-refractivity contribution in [1.29, 1.82) is 5.26 Å².